The minimum absolute atomic E-state index is 0.178. The third-order valence-corrected chi connectivity index (χ3v) is 2.38. The number of hydrogen-bond donors (Lipinski definition) is 1. The molecule has 0 fully saturated rings. The van der Waals surface area contributed by atoms with Crippen LogP contribution in [0.1, 0.15) is 13.3 Å². The Morgan fingerprint density at radius 2 is 2.70 bits per heavy atom. The molecule has 3 nitrogen and oxygen atoms in total. The van der Waals surface area contributed by atoms with Crippen LogP contribution in [0, 0.1) is 0 Å². The molecule has 1 heterocycles. The van der Waals surface area contributed by atoms with Crippen molar-refractivity contribution in [2.45, 2.75) is 18.6 Å². The molecule has 0 bridgehead atoms. The molecule has 1 unspecified atom stereocenters. The van der Waals surface area contributed by atoms with Crippen LogP contribution in [0.5, 0.6) is 0 Å². The van der Waals surface area contributed by atoms with Gasteiger partial charge in [0.25, 0.3) is 0 Å². The van der Waals surface area contributed by atoms with Crippen molar-refractivity contribution in [2.75, 3.05) is 6.54 Å². The zero-order valence-electron chi connectivity index (χ0n) is 5.70. The number of carbonyl (C=O) groups is 1. The number of carboxylic acid groups (broad SMARTS) is 1. The van der Waals surface area contributed by atoms with Gasteiger partial charge in [-0.05, 0) is 6.92 Å². The first kappa shape index (κ1) is 7.60. The Hall–Kier alpha value is -0.510. The summed E-state index contributed by atoms with van der Waals surface area (Å²) in [7, 11) is 0. The van der Waals surface area contributed by atoms with E-state index in [1.807, 2.05) is 6.92 Å². The smallest absolute Gasteiger partial charge is 0.304 e. The first-order valence-electron chi connectivity index (χ1n) is 3.08. The third-order valence-electron chi connectivity index (χ3n) is 1.26. The number of rotatable bonds is 2. The second kappa shape index (κ2) is 3.05. The van der Waals surface area contributed by atoms with Gasteiger partial charge in [-0.1, -0.05) is 0 Å². The summed E-state index contributed by atoms with van der Waals surface area (Å²) in [5.41, 5.74) is 0. The van der Waals surface area contributed by atoms with Crippen molar-refractivity contribution in [3.8, 4) is 0 Å². The molecule has 1 aliphatic heterocycles. The topological polar surface area (TPSA) is 49.7 Å². The van der Waals surface area contributed by atoms with Gasteiger partial charge in [-0.25, -0.2) is 0 Å². The Kier molecular flexibility index (Phi) is 2.32. The molecule has 0 saturated heterocycles. The van der Waals surface area contributed by atoms with Crippen LogP contribution in [-0.4, -0.2) is 27.9 Å². The van der Waals surface area contributed by atoms with E-state index in [9.17, 15) is 4.79 Å². The number of aliphatic imine (C=N–C) groups is 1. The molecule has 1 N–H and O–H groups in total. The average Bonchev–Trinajstić information content (AvgIpc) is 2.13. The van der Waals surface area contributed by atoms with Gasteiger partial charge in [0.2, 0.25) is 0 Å². The molecule has 1 rings (SSSR count). The lowest BCUT2D eigenvalue weighted by atomic mass is 10.3. The van der Waals surface area contributed by atoms with E-state index in [2.05, 4.69) is 4.99 Å². The molecular weight excluding hydrogens is 150 g/mol. The summed E-state index contributed by atoms with van der Waals surface area (Å²) in [5, 5.41) is 9.58. The van der Waals surface area contributed by atoms with E-state index >= 15 is 0 Å². The number of hydrogen-bond acceptors (Lipinski definition) is 3. The summed E-state index contributed by atoms with van der Waals surface area (Å²) in [6.07, 6.45) is 0.228. The summed E-state index contributed by atoms with van der Waals surface area (Å²) in [6.45, 7) is 2.58. The second-order valence-electron chi connectivity index (χ2n) is 2.20. The highest BCUT2D eigenvalue weighted by molar-refractivity contribution is 8.14. The summed E-state index contributed by atoms with van der Waals surface area (Å²) in [4.78, 5) is 14.3. The minimum Gasteiger partial charge on any atom is -0.481 e. The molecule has 10 heavy (non-hydrogen) atoms. The molecule has 56 valence electrons. The summed E-state index contributed by atoms with van der Waals surface area (Å²) >= 11 is 1.56. The molecule has 1 atom stereocenters. The molecule has 4 heteroatoms. The zero-order valence-corrected chi connectivity index (χ0v) is 6.52. The molecule has 0 radical (unpaired) electrons. The van der Waals surface area contributed by atoms with Crippen molar-refractivity contribution >= 4 is 22.8 Å². The molecule has 0 aromatic heterocycles. The summed E-state index contributed by atoms with van der Waals surface area (Å²) in [5.74, 6) is -0.734. The van der Waals surface area contributed by atoms with E-state index in [4.69, 9.17) is 5.11 Å². The van der Waals surface area contributed by atoms with E-state index < -0.39 is 5.97 Å². The molecule has 0 spiro atoms. The van der Waals surface area contributed by atoms with Gasteiger partial charge in [0.1, 0.15) is 0 Å². The van der Waals surface area contributed by atoms with Gasteiger partial charge in [-0.2, -0.15) is 0 Å². The maximum Gasteiger partial charge on any atom is 0.304 e. The van der Waals surface area contributed by atoms with Gasteiger partial charge in [0.05, 0.1) is 18.0 Å². The first-order chi connectivity index (χ1) is 4.68. The lowest BCUT2D eigenvalue weighted by molar-refractivity contribution is -0.136. The van der Waals surface area contributed by atoms with Crippen LogP contribution >= 0.6 is 11.8 Å². The van der Waals surface area contributed by atoms with Gasteiger partial charge in [0.15, 0.2) is 0 Å². The van der Waals surface area contributed by atoms with Gasteiger partial charge in [-0.3, -0.25) is 9.79 Å². The highest BCUT2D eigenvalue weighted by Crippen LogP contribution is 2.22. The number of carboxylic acids is 1. The Labute approximate surface area is 63.5 Å². The van der Waals surface area contributed by atoms with Gasteiger partial charge in [0, 0.05) is 5.25 Å². The fourth-order valence-electron chi connectivity index (χ4n) is 0.847. The SMILES string of the molecule is CC1=NCC(CC(=O)O)S1. The van der Waals surface area contributed by atoms with Crippen molar-refractivity contribution in [1.29, 1.82) is 0 Å². The minimum atomic E-state index is -0.734. The molecule has 0 aromatic rings. The molecule has 1 aliphatic rings. The van der Waals surface area contributed by atoms with Gasteiger partial charge >= 0.3 is 5.97 Å². The second-order valence-corrected chi connectivity index (χ2v) is 3.69. The van der Waals surface area contributed by atoms with E-state index in [0.29, 0.717) is 6.54 Å². The Morgan fingerprint density at radius 3 is 3.10 bits per heavy atom. The van der Waals surface area contributed by atoms with Gasteiger partial charge < -0.3 is 5.11 Å². The van der Waals surface area contributed by atoms with E-state index in [1.54, 1.807) is 11.8 Å². The van der Waals surface area contributed by atoms with Crippen molar-refractivity contribution in [2.24, 2.45) is 4.99 Å². The molecule has 0 saturated carbocycles. The lowest BCUT2D eigenvalue weighted by Crippen LogP contribution is -2.09. The predicted octanol–water partition coefficient (Wildman–Crippen LogP) is 0.995. The maximum atomic E-state index is 10.2. The molecular formula is C6H9NO2S. The number of nitrogens with zero attached hydrogens (tertiary/aromatic N) is 1. The van der Waals surface area contributed by atoms with Crippen LogP contribution in [0.2, 0.25) is 0 Å². The third kappa shape index (κ3) is 2.02. The van der Waals surface area contributed by atoms with Crippen molar-refractivity contribution in [3.05, 3.63) is 0 Å². The number of aliphatic carboxylic acids is 1. The van der Waals surface area contributed by atoms with Crippen LogP contribution in [0.15, 0.2) is 4.99 Å². The van der Waals surface area contributed by atoms with Crippen LogP contribution in [0.4, 0.5) is 0 Å². The average molecular weight is 159 g/mol. The van der Waals surface area contributed by atoms with Crippen molar-refractivity contribution in [1.82, 2.24) is 0 Å². The Morgan fingerprint density at radius 1 is 2.00 bits per heavy atom. The Bertz CT molecular complexity index is 179. The van der Waals surface area contributed by atoms with E-state index in [1.165, 1.54) is 0 Å². The quantitative estimate of drug-likeness (QED) is 0.653. The first-order valence-corrected chi connectivity index (χ1v) is 3.96. The van der Waals surface area contributed by atoms with E-state index in [-0.39, 0.29) is 11.7 Å². The van der Waals surface area contributed by atoms with Crippen molar-refractivity contribution in [3.63, 3.8) is 0 Å². The predicted molar refractivity (Wildman–Crippen MR) is 41.6 cm³/mol. The van der Waals surface area contributed by atoms with Crippen LogP contribution in [-0.2, 0) is 4.79 Å². The summed E-state index contributed by atoms with van der Waals surface area (Å²) < 4.78 is 0. The zero-order chi connectivity index (χ0) is 7.56. The maximum absolute atomic E-state index is 10.2. The van der Waals surface area contributed by atoms with E-state index in [0.717, 1.165) is 5.04 Å². The summed E-state index contributed by atoms with van der Waals surface area (Å²) in [6, 6.07) is 0. The van der Waals surface area contributed by atoms with Gasteiger partial charge in [-0.15, -0.1) is 11.8 Å². The highest BCUT2D eigenvalue weighted by atomic mass is 32.2. The van der Waals surface area contributed by atoms with Crippen molar-refractivity contribution < 1.29 is 9.90 Å². The van der Waals surface area contributed by atoms with Crippen LogP contribution in [0.3, 0.4) is 0 Å². The highest BCUT2D eigenvalue weighted by Gasteiger charge is 2.18. The standard InChI is InChI=1S/C6H9NO2S/c1-4-7-3-5(10-4)2-6(8)9/h5H,2-3H2,1H3,(H,8,9). The fourth-order valence-corrected chi connectivity index (χ4v) is 1.85. The molecule has 0 amide bonds. The monoisotopic (exact) mass is 159 g/mol. The molecule has 0 aliphatic carbocycles. The normalized spacial score (nSPS) is 24.5. The fraction of sp³-hybridized carbons (Fsp3) is 0.667. The largest absolute Gasteiger partial charge is 0.481 e. The lowest BCUT2D eigenvalue weighted by Gasteiger charge is -2.01. The van der Waals surface area contributed by atoms with Crippen LogP contribution < -0.4 is 0 Å². The van der Waals surface area contributed by atoms with Crippen LogP contribution in [0.25, 0.3) is 0 Å². The molecule has 0 aromatic carbocycles. The Balaban J connectivity index is 2.29. The number of thioether (sulfide) groups is 1.